The highest BCUT2D eigenvalue weighted by atomic mass is 32.2. The number of thiophene rings is 1. The molecule has 37 heavy (non-hydrogen) atoms. The maximum Gasteiger partial charge on any atom is 0.244 e. The second-order valence-electron chi connectivity index (χ2n) is 10.3. The average Bonchev–Trinajstić information content (AvgIpc) is 3.26. The van der Waals surface area contributed by atoms with Gasteiger partial charge >= 0.3 is 0 Å². The average molecular weight is 539 g/mol. The van der Waals surface area contributed by atoms with Gasteiger partial charge in [0.1, 0.15) is 0 Å². The summed E-state index contributed by atoms with van der Waals surface area (Å²) in [5, 5.41) is 2.04. The first-order chi connectivity index (χ1) is 17.7. The van der Waals surface area contributed by atoms with Crippen LogP contribution >= 0.6 is 11.3 Å². The number of carbonyl (C=O) groups is 1. The quantitative estimate of drug-likeness (QED) is 0.311. The summed E-state index contributed by atoms with van der Waals surface area (Å²) in [6, 6.07) is 15.7. The number of aryl methyl sites for hydroxylation is 4. The van der Waals surface area contributed by atoms with Gasteiger partial charge in [-0.05, 0) is 74.2 Å². The minimum atomic E-state index is -3.86. The van der Waals surface area contributed by atoms with Gasteiger partial charge in [-0.3, -0.25) is 4.79 Å². The SMILES string of the molecule is Cc1cc(C)c(S(=O)(=O)N(CC(=O)N(Cc2ccccc2)Cc2sccc2C)C2CCCCC2)c(C)c1. The van der Waals surface area contributed by atoms with Crippen LogP contribution in [0.4, 0.5) is 0 Å². The smallest absolute Gasteiger partial charge is 0.244 e. The zero-order valence-corrected chi connectivity index (χ0v) is 24.0. The van der Waals surface area contributed by atoms with Crippen molar-refractivity contribution in [1.29, 1.82) is 0 Å². The van der Waals surface area contributed by atoms with Crippen LogP contribution in [0.15, 0.2) is 58.8 Å². The van der Waals surface area contributed by atoms with Crippen LogP contribution in [-0.4, -0.2) is 36.1 Å². The highest BCUT2D eigenvalue weighted by Crippen LogP contribution is 2.32. The Morgan fingerprint density at radius 3 is 2.14 bits per heavy atom. The van der Waals surface area contributed by atoms with Gasteiger partial charge < -0.3 is 4.90 Å². The molecule has 1 heterocycles. The molecule has 1 amide bonds. The molecule has 1 aliphatic rings. The van der Waals surface area contributed by atoms with Crippen LogP contribution in [0.5, 0.6) is 0 Å². The molecule has 0 atom stereocenters. The normalized spacial score (nSPS) is 14.7. The third-order valence-electron chi connectivity index (χ3n) is 7.32. The van der Waals surface area contributed by atoms with Gasteiger partial charge in [0.25, 0.3) is 0 Å². The van der Waals surface area contributed by atoms with Crippen LogP contribution in [0, 0.1) is 27.7 Å². The van der Waals surface area contributed by atoms with Crippen molar-refractivity contribution in [3.05, 3.63) is 86.6 Å². The third kappa shape index (κ3) is 6.51. The van der Waals surface area contributed by atoms with Crippen LogP contribution in [0.1, 0.15) is 64.8 Å². The summed E-state index contributed by atoms with van der Waals surface area (Å²) in [6.45, 7) is 8.52. The highest BCUT2D eigenvalue weighted by molar-refractivity contribution is 7.89. The Kier molecular flexibility index (Phi) is 8.88. The lowest BCUT2D eigenvalue weighted by atomic mass is 9.95. The lowest BCUT2D eigenvalue weighted by Gasteiger charge is -2.35. The number of amides is 1. The van der Waals surface area contributed by atoms with Crippen molar-refractivity contribution in [2.24, 2.45) is 0 Å². The summed E-state index contributed by atoms with van der Waals surface area (Å²) in [6.07, 6.45) is 4.66. The topological polar surface area (TPSA) is 57.7 Å². The summed E-state index contributed by atoms with van der Waals surface area (Å²) in [5.41, 5.74) is 4.69. The van der Waals surface area contributed by atoms with Gasteiger partial charge in [0.2, 0.25) is 15.9 Å². The van der Waals surface area contributed by atoms with Gasteiger partial charge in [-0.2, -0.15) is 4.31 Å². The van der Waals surface area contributed by atoms with E-state index in [-0.39, 0.29) is 18.5 Å². The van der Waals surface area contributed by atoms with Crippen LogP contribution in [0.2, 0.25) is 0 Å². The molecule has 1 aliphatic carbocycles. The highest BCUT2D eigenvalue weighted by Gasteiger charge is 2.36. The molecule has 0 spiro atoms. The molecule has 198 valence electrons. The van der Waals surface area contributed by atoms with Crippen LogP contribution < -0.4 is 0 Å². The molecule has 0 unspecified atom stereocenters. The van der Waals surface area contributed by atoms with Gasteiger partial charge in [0.05, 0.1) is 18.0 Å². The monoisotopic (exact) mass is 538 g/mol. The first kappa shape index (κ1) is 27.6. The number of rotatable bonds is 9. The van der Waals surface area contributed by atoms with Gasteiger partial charge in [-0.25, -0.2) is 8.42 Å². The maximum absolute atomic E-state index is 14.2. The second kappa shape index (κ2) is 11.9. The first-order valence-corrected chi connectivity index (χ1v) is 15.4. The lowest BCUT2D eigenvalue weighted by molar-refractivity contribution is -0.133. The number of sulfonamides is 1. The molecule has 1 fully saturated rings. The summed E-state index contributed by atoms with van der Waals surface area (Å²) in [4.78, 5) is 17.3. The summed E-state index contributed by atoms with van der Waals surface area (Å²) >= 11 is 1.63. The Labute approximate surface area is 226 Å². The van der Waals surface area contributed by atoms with Gasteiger partial charge in [0, 0.05) is 17.5 Å². The Balaban J connectivity index is 1.69. The minimum Gasteiger partial charge on any atom is -0.332 e. The van der Waals surface area contributed by atoms with Crippen molar-refractivity contribution in [2.75, 3.05) is 6.54 Å². The predicted molar refractivity (Wildman–Crippen MR) is 151 cm³/mol. The van der Waals surface area contributed by atoms with E-state index in [2.05, 4.69) is 13.0 Å². The molecule has 0 N–H and O–H groups in total. The van der Waals surface area contributed by atoms with Gasteiger partial charge in [-0.1, -0.05) is 67.3 Å². The second-order valence-corrected chi connectivity index (χ2v) is 13.2. The molecule has 0 saturated heterocycles. The fourth-order valence-electron chi connectivity index (χ4n) is 5.48. The minimum absolute atomic E-state index is 0.142. The van der Waals surface area contributed by atoms with E-state index >= 15 is 0 Å². The van der Waals surface area contributed by atoms with Crippen LogP contribution in [0.3, 0.4) is 0 Å². The number of carbonyl (C=O) groups excluding carboxylic acids is 1. The maximum atomic E-state index is 14.2. The molecule has 7 heteroatoms. The number of hydrogen-bond donors (Lipinski definition) is 0. The zero-order chi connectivity index (χ0) is 26.6. The van der Waals surface area contributed by atoms with E-state index in [0.29, 0.717) is 18.0 Å². The van der Waals surface area contributed by atoms with Crippen LogP contribution in [0.25, 0.3) is 0 Å². The molecule has 5 nitrogen and oxygen atoms in total. The van der Waals surface area contributed by atoms with Crippen molar-refractivity contribution in [3.8, 4) is 0 Å². The summed E-state index contributed by atoms with van der Waals surface area (Å²) in [7, 11) is -3.86. The van der Waals surface area contributed by atoms with E-state index < -0.39 is 10.0 Å². The van der Waals surface area contributed by atoms with E-state index in [1.807, 2.05) is 73.5 Å². The van der Waals surface area contributed by atoms with Crippen molar-refractivity contribution >= 4 is 27.3 Å². The zero-order valence-electron chi connectivity index (χ0n) is 22.4. The number of nitrogens with zero attached hydrogens (tertiary/aromatic N) is 2. The van der Waals surface area contributed by atoms with Crippen molar-refractivity contribution < 1.29 is 13.2 Å². The Bertz CT molecular complexity index is 1300. The van der Waals surface area contributed by atoms with E-state index in [9.17, 15) is 13.2 Å². The molecule has 4 rings (SSSR count). The number of hydrogen-bond acceptors (Lipinski definition) is 4. The molecule has 1 saturated carbocycles. The molecule has 0 bridgehead atoms. The van der Waals surface area contributed by atoms with Gasteiger partial charge in [0.15, 0.2) is 0 Å². The molecule has 0 aliphatic heterocycles. The molecule has 2 aromatic carbocycles. The van der Waals surface area contributed by atoms with E-state index in [4.69, 9.17) is 0 Å². The van der Waals surface area contributed by atoms with Crippen molar-refractivity contribution in [3.63, 3.8) is 0 Å². The standard InChI is InChI=1S/C30H38N2O3S2/c1-22-17-24(3)30(25(4)18-22)37(34,35)32(27-13-9-6-10-14-27)21-29(33)31(19-26-11-7-5-8-12-26)20-28-23(2)15-16-36-28/h5,7-8,11-12,15-18,27H,6,9-10,13-14,19-21H2,1-4H3. The fraction of sp³-hybridized carbons (Fsp3) is 0.433. The lowest BCUT2D eigenvalue weighted by Crippen LogP contribution is -2.48. The Morgan fingerprint density at radius 2 is 1.54 bits per heavy atom. The summed E-state index contributed by atoms with van der Waals surface area (Å²) in [5.74, 6) is -0.159. The Hall–Kier alpha value is -2.48. The van der Waals surface area contributed by atoms with Crippen molar-refractivity contribution in [2.45, 2.75) is 83.8 Å². The predicted octanol–water partition coefficient (Wildman–Crippen LogP) is 6.53. The Morgan fingerprint density at radius 1 is 0.892 bits per heavy atom. The molecule has 3 aromatic rings. The fourth-order valence-corrected chi connectivity index (χ4v) is 8.45. The summed E-state index contributed by atoms with van der Waals surface area (Å²) < 4.78 is 30.0. The third-order valence-corrected chi connectivity index (χ3v) is 10.5. The molecule has 1 aromatic heterocycles. The van der Waals surface area contributed by atoms with E-state index in [1.165, 1.54) is 4.31 Å². The molecule has 0 radical (unpaired) electrons. The largest absolute Gasteiger partial charge is 0.332 e. The van der Waals surface area contributed by atoms with Crippen molar-refractivity contribution in [1.82, 2.24) is 9.21 Å². The van der Waals surface area contributed by atoms with E-state index in [1.54, 1.807) is 11.3 Å². The van der Waals surface area contributed by atoms with E-state index in [0.717, 1.165) is 64.8 Å². The number of benzene rings is 2. The molecular formula is C30H38N2O3S2. The molecular weight excluding hydrogens is 500 g/mol. The first-order valence-electron chi connectivity index (χ1n) is 13.1. The van der Waals surface area contributed by atoms with Crippen LogP contribution in [-0.2, 0) is 27.9 Å². The van der Waals surface area contributed by atoms with Gasteiger partial charge in [-0.15, -0.1) is 11.3 Å².